The lowest BCUT2D eigenvalue weighted by molar-refractivity contribution is 0.528. The lowest BCUT2D eigenvalue weighted by Gasteiger charge is -2.12. The molecule has 0 bridgehead atoms. The molecule has 0 N–H and O–H groups in total. The van der Waals surface area contributed by atoms with Gasteiger partial charge in [-0.05, 0) is 19.9 Å². The molecule has 2 heterocycles. The molecule has 0 aliphatic heterocycles. The third-order valence-corrected chi connectivity index (χ3v) is 3.58. The maximum Gasteiger partial charge on any atom is 0.296 e. The monoisotopic (exact) mass is 289 g/mol. The van der Waals surface area contributed by atoms with Crippen molar-refractivity contribution in [2.45, 2.75) is 25.0 Å². The van der Waals surface area contributed by atoms with Crippen molar-refractivity contribution in [1.82, 2.24) is 24.5 Å². The molecule has 0 saturated carbocycles. The summed E-state index contributed by atoms with van der Waals surface area (Å²) in [6, 6.07) is 1.58. The molecule has 0 unspecified atom stereocenters. The van der Waals surface area contributed by atoms with Gasteiger partial charge in [-0.15, -0.1) is 10.2 Å². The summed E-state index contributed by atoms with van der Waals surface area (Å²) in [5, 5.41) is 11.3. The summed E-state index contributed by atoms with van der Waals surface area (Å²) in [4.78, 5) is 0. The average Bonchev–Trinajstić information content (AvgIpc) is 2.80. The first-order valence-electron chi connectivity index (χ1n) is 5.20. The zero-order valence-corrected chi connectivity index (χ0v) is 11.6. The van der Waals surface area contributed by atoms with Crippen LogP contribution in [0.15, 0.2) is 17.4 Å². The summed E-state index contributed by atoms with van der Waals surface area (Å²) in [5.74, 6) is 0.421. The highest BCUT2D eigenvalue weighted by Gasteiger charge is 2.25. The number of halogens is 1. The van der Waals surface area contributed by atoms with Gasteiger partial charge in [0.15, 0.2) is 5.82 Å². The van der Waals surface area contributed by atoms with E-state index in [1.165, 1.54) is 4.57 Å². The number of rotatable bonds is 3. The van der Waals surface area contributed by atoms with Crippen molar-refractivity contribution < 1.29 is 8.42 Å². The standard InChI is InChI=1S/C9H12ClN5O2S/c1-6(2)15-8(7-4-5-11-14(7)3)12-13-9(15)18(10,16)17/h4-6H,1-3H3. The molecule has 2 aromatic rings. The smallest absolute Gasteiger partial charge is 0.293 e. The maximum absolute atomic E-state index is 11.4. The molecule has 7 nitrogen and oxygen atoms in total. The van der Waals surface area contributed by atoms with E-state index < -0.39 is 9.05 Å². The van der Waals surface area contributed by atoms with E-state index in [9.17, 15) is 8.42 Å². The van der Waals surface area contributed by atoms with E-state index in [0.29, 0.717) is 11.5 Å². The van der Waals surface area contributed by atoms with Gasteiger partial charge in [-0.1, -0.05) is 0 Å². The van der Waals surface area contributed by atoms with Crippen molar-refractivity contribution in [3.05, 3.63) is 12.3 Å². The second kappa shape index (κ2) is 4.36. The largest absolute Gasteiger partial charge is 0.296 e. The van der Waals surface area contributed by atoms with Crippen molar-refractivity contribution in [1.29, 1.82) is 0 Å². The Morgan fingerprint density at radius 3 is 2.44 bits per heavy atom. The highest BCUT2D eigenvalue weighted by atomic mass is 35.7. The third kappa shape index (κ3) is 2.13. The second-order valence-corrected chi connectivity index (χ2v) is 6.51. The van der Waals surface area contributed by atoms with Gasteiger partial charge >= 0.3 is 0 Å². The van der Waals surface area contributed by atoms with Gasteiger partial charge in [-0.25, -0.2) is 8.42 Å². The van der Waals surface area contributed by atoms with Crippen molar-refractivity contribution in [2.24, 2.45) is 7.05 Å². The number of aromatic nitrogens is 5. The van der Waals surface area contributed by atoms with E-state index in [0.717, 1.165) is 0 Å². The average molecular weight is 290 g/mol. The van der Waals surface area contributed by atoms with Gasteiger partial charge in [0.1, 0.15) is 5.69 Å². The van der Waals surface area contributed by atoms with Gasteiger partial charge in [0, 0.05) is 30.0 Å². The highest BCUT2D eigenvalue weighted by Crippen LogP contribution is 2.25. The van der Waals surface area contributed by atoms with Crippen LogP contribution in [0.5, 0.6) is 0 Å². The molecule has 0 aromatic carbocycles. The van der Waals surface area contributed by atoms with Crippen LogP contribution in [0.25, 0.3) is 11.5 Å². The lowest BCUT2D eigenvalue weighted by atomic mass is 10.3. The van der Waals surface area contributed by atoms with Crippen LogP contribution in [0.3, 0.4) is 0 Å². The number of hydrogen-bond donors (Lipinski definition) is 0. The van der Waals surface area contributed by atoms with E-state index >= 15 is 0 Å². The molecule has 0 fully saturated rings. The van der Waals surface area contributed by atoms with Crippen LogP contribution < -0.4 is 0 Å². The number of hydrogen-bond acceptors (Lipinski definition) is 5. The minimum Gasteiger partial charge on any atom is -0.293 e. The normalized spacial score (nSPS) is 12.3. The Hall–Kier alpha value is -1.41. The molecular formula is C9H12ClN5O2S. The molecule has 0 amide bonds. The number of aryl methyl sites for hydroxylation is 1. The lowest BCUT2D eigenvalue weighted by Crippen LogP contribution is -2.11. The van der Waals surface area contributed by atoms with Crippen LogP contribution >= 0.6 is 10.7 Å². The van der Waals surface area contributed by atoms with Crippen LogP contribution in [-0.4, -0.2) is 33.0 Å². The van der Waals surface area contributed by atoms with E-state index in [-0.39, 0.29) is 11.2 Å². The fourth-order valence-electron chi connectivity index (χ4n) is 1.68. The molecule has 9 heteroatoms. The second-order valence-electron chi connectivity index (χ2n) is 4.05. The highest BCUT2D eigenvalue weighted by molar-refractivity contribution is 8.13. The molecule has 0 aliphatic rings. The van der Waals surface area contributed by atoms with Crippen LogP contribution in [0.4, 0.5) is 0 Å². The first-order valence-corrected chi connectivity index (χ1v) is 7.51. The van der Waals surface area contributed by atoms with E-state index in [1.54, 1.807) is 24.0 Å². The molecule has 0 atom stereocenters. The molecule has 2 aromatic heterocycles. The van der Waals surface area contributed by atoms with Gasteiger partial charge in [0.05, 0.1) is 0 Å². The van der Waals surface area contributed by atoms with E-state index in [1.807, 2.05) is 13.8 Å². The van der Waals surface area contributed by atoms with Crippen molar-refractivity contribution >= 4 is 19.7 Å². The first kappa shape index (κ1) is 13.0. The van der Waals surface area contributed by atoms with Gasteiger partial charge < -0.3 is 0 Å². The fraction of sp³-hybridized carbons (Fsp3) is 0.444. The molecule has 0 saturated heterocycles. The molecule has 2 rings (SSSR count). The zero-order chi connectivity index (χ0) is 13.5. The summed E-state index contributed by atoms with van der Waals surface area (Å²) >= 11 is 0. The quantitative estimate of drug-likeness (QED) is 0.793. The Bertz CT molecular complexity index is 673. The van der Waals surface area contributed by atoms with Crippen LogP contribution in [0, 0.1) is 0 Å². The van der Waals surface area contributed by atoms with Gasteiger partial charge in [0.2, 0.25) is 0 Å². The summed E-state index contributed by atoms with van der Waals surface area (Å²) in [7, 11) is 3.16. The van der Waals surface area contributed by atoms with Crippen LogP contribution in [0.2, 0.25) is 0 Å². The summed E-state index contributed by atoms with van der Waals surface area (Å²) in [5.41, 5.74) is 0.669. The molecule has 0 radical (unpaired) electrons. The minimum atomic E-state index is -3.93. The third-order valence-electron chi connectivity index (χ3n) is 2.45. The predicted octanol–water partition coefficient (Wildman–Crippen LogP) is 1.19. The van der Waals surface area contributed by atoms with Gasteiger partial charge in [0.25, 0.3) is 14.2 Å². The zero-order valence-electron chi connectivity index (χ0n) is 10.1. The molecular weight excluding hydrogens is 278 g/mol. The Morgan fingerprint density at radius 1 is 1.33 bits per heavy atom. The van der Waals surface area contributed by atoms with Crippen molar-refractivity contribution in [2.75, 3.05) is 0 Å². The topological polar surface area (TPSA) is 82.7 Å². The Labute approximate surface area is 109 Å². The van der Waals surface area contributed by atoms with E-state index in [4.69, 9.17) is 10.7 Å². The minimum absolute atomic E-state index is 0.145. The van der Waals surface area contributed by atoms with Crippen LogP contribution in [0.1, 0.15) is 19.9 Å². The van der Waals surface area contributed by atoms with Gasteiger partial charge in [-0.3, -0.25) is 9.25 Å². The Balaban J connectivity index is 2.72. The summed E-state index contributed by atoms with van der Waals surface area (Å²) < 4.78 is 26.0. The first-order chi connectivity index (χ1) is 8.32. The molecule has 18 heavy (non-hydrogen) atoms. The predicted molar refractivity (Wildman–Crippen MR) is 65.6 cm³/mol. The molecule has 0 spiro atoms. The molecule has 98 valence electrons. The number of nitrogens with zero attached hydrogens (tertiary/aromatic N) is 5. The molecule has 0 aliphatic carbocycles. The summed E-state index contributed by atoms with van der Waals surface area (Å²) in [6.07, 6.45) is 1.60. The fourth-order valence-corrected chi connectivity index (χ4v) is 2.66. The van der Waals surface area contributed by atoms with Crippen molar-refractivity contribution in [3.8, 4) is 11.5 Å². The van der Waals surface area contributed by atoms with E-state index in [2.05, 4.69) is 15.3 Å². The van der Waals surface area contributed by atoms with Crippen molar-refractivity contribution in [3.63, 3.8) is 0 Å². The van der Waals surface area contributed by atoms with Crippen LogP contribution in [-0.2, 0) is 16.1 Å². The SMILES string of the molecule is CC(C)n1c(-c2ccnn2C)nnc1S(=O)(=O)Cl. The van der Waals surface area contributed by atoms with Gasteiger partial charge in [-0.2, -0.15) is 5.10 Å². The Morgan fingerprint density at radius 2 is 2.00 bits per heavy atom. The Kier molecular flexibility index (Phi) is 3.16. The summed E-state index contributed by atoms with van der Waals surface area (Å²) in [6.45, 7) is 3.66. The maximum atomic E-state index is 11.4.